The number of aliphatic imine (C=N–C) groups is 1. The largest absolute Gasteiger partial charge is 0.375 e. The number of hydrogen-bond donors (Lipinski definition) is 1. The maximum atomic E-state index is 5.64. The molecule has 1 saturated heterocycles. The number of rotatable bonds is 7. The number of aromatic nitrogens is 1. The monoisotopic (exact) mass is 401 g/mol. The van der Waals surface area contributed by atoms with Crippen LogP contribution in [0.1, 0.15) is 24.3 Å². The first-order valence-corrected chi connectivity index (χ1v) is 10.9. The molecule has 0 saturated carbocycles. The van der Waals surface area contributed by atoms with Crippen molar-refractivity contribution in [1.29, 1.82) is 0 Å². The highest BCUT2D eigenvalue weighted by Crippen LogP contribution is 2.17. The van der Waals surface area contributed by atoms with Crippen LogP contribution in [-0.4, -0.2) is 61.8 Å². The molecule has 0 aromatic carbocycles. The summed E-state index contributed by atoms with van der Waals surface area (Å²) in [4.78, 5) is 15.3. The van der Waals surface area contributed by atoms with Crippen molar-refractivity contribution in [3.05, 3.63) is 46.3 Å². The van der Waals surface area contributed by atoms with Crippen LogP contribution in [0.3, 0.4) is 0 Å². The molecule has 7 heteroatoms. The van der Waals surface area contributed by atoms with Gasteiger partial charge in [0.1, 0.15) is 5.82 Å². The van der Waals surface area contributed by atoms with Gasteiger partial charge in [0.05, 0.1) is 19.3 Å². The Morgan fingerprint density at radius 3 is 3.11 bits per heavy atom. The number of nitrogens with zero attached hydrogens (tertiary/aromatic N) is 4. The highest BCUT2D eigenvalue weighted by molar-refractivity contribution is 7.09. The zero-order chi connectivity index (χ0) is 19.8. The molecular weight excluding hydrogens is 370 g/mol. The third-order valence-electron chi connectivity index (χ3n) is 4.76. The Kier molecular flexibility index (Phi) is 7.68. The molecule has 28 heavy (non-hydrogen) atoms. The maximum Gasteiger partial charge on any atom is 0.193 e. The Hall–Kier alpha value is -2.12. The van der Waals surface area contributed by atoms with Crippen molar-refractivity contribution in [3.63, 3.8) is 0 Å². The van der Waals surface area contributed by atoms with Gasteiger partial charge in [-0.25, -0.2) is 9.98 Å². The Morgan fingerprint density at radius 1 is 1.46 bits per heavy atom. The van der Waals surface area contributed by atoms with E-state index >= 15 is 0 Å². The minimum Gasteiger partial charge on any atom is -0.375 e. The number of likely N-dealkylation sites (N-methyl/N-ethyl adjacent to an activating group) is 1. The van der Waals surface area contributed by atoms with Gasteiger partial charge in [0.15, 0.2) is 5.96 Å². The first kappa shape index (κ1) is 20.6. The molecule has 1 atom stereocenters. The third-order valence-corrected chi connectivity index (χ3v) is 5.69. The fraction of sp³-hybridized carbons (Fsp3) is 0.524. The predicted molar refractivity (Wildman–Crippen MR) is 117 cm³/mol. The Labute approximate surface area is 172 Å². The number of morpholine rings is 1. The van der Waals surface area contributed by atoms with E-state index in [1.807, 2.05) is 23.6 Å². The van der Waals surface area contributed by atoms with E-state index in [4.69, 9.17) is 9.73 Å². The van der Waals surface area contributed by atoms with Gasteiger partial charge in [-0.1, -0.05) is 6.07 Å². The standard InChI is InChI=1S/C21H31N5OS/c1-4-22-21(25(3)10-8-19-6-5-13-28-19)24-15-18-7-9-23-20(14-18)26-11-12-27-17(2)16-26/h5-7,9,13-14,17H,4,8,10-12,15-16H2,1-3H3,(H,22,24). The van der Waals surface area contributed by atoms with E-state index in [1.54, 1.807) is 0 Å². The van der Waals surface area contributed by atoms with Gasteiger partial charge in [-0.05, 0) is 49.4 Å². The van der Waals surface area contributed by atoms with Gasteiger partial charge >= 0.3 is 0 Å². The highest BCUT2D eigenvalue weighted by Gasteiger charge is 2.18. The second-order valence-corrected chi connectivity index (χ2v) is 8.10. The Bertz CT molecular complexity index is 749. The quantitative estimate of drug-likeness (QED) is 0.571. The van der Waals surface area contributed by atoms with E-state index in [0.29, 0.717) is 6.54 Å². The summed E-state index contributed by atoms with van der Waals surface area (Å²) >= 11 is 1.81. The number of hydrogen-bond acceptors (Lipinski definition) is 5. The average Bonchev–Trinajstić information content (AvgIpc) is 3.23. The second kappa shape index (κ2) is 10.4. The van der Waals surface area contributed by atoms with Crippen LogP contribution in [0.4, 0.5) is 5.82 Å². The van der Waals surface area contributed by atoms with Crippen LogP contribution in [0, 0.1) is 0 Å². The molecule has 3 heterocycles. The van der Waals surface area contributed by atoms with Crippen molar-refractivity contribution in [2.24, 2.45) is 4.99 Å². The lowest BCUT2D eigenvalue weighted by Crippen LogP contribution is -2.41. The summed E-state index contributed by atoms with van der Waals surface area (Å²) in [5.41, 5.74) is 1.17. The SMILES string of the molecule is CCNC(=NCc1ccnc(N2CCOC(C)C2)c1)N(C)CCc1cccs1. The summed E-state index contributed by atoms with van der Waals surface area (Å²) in [6.07, 6.45) is 3.16. The molecule has 0 radical (unpaired) electrons. The van der Waals surface area contributed by atoms with Crippen molar-refractivity contribution in [3.8, 4) is 0 Å². The molecular formula is C21H31N5OS. The minimum absolute atomic E-state index is 0.245. The summed E-state index contributed by atoms with van der Waals surface area (Å²) in [5, 5.41) is 5.53. The molecule has 2 aromatic rings. The average molecular weight is 402 g/mol. The van der Waals surface area contributed by atoms with Gasteiger partial charge in [-0.2, -0.15) is 0 Å². The lowest BCUT2D eigenvalue weighted by atomic mass is 10.2. The molecule has 0 amide bonds. The minimum atomic E-state index is 0.245. The second-order valence-electron chi connectivity index (χ2n) is 7.07. The van der Waals surface area contributed by atoms with E-state index in [0.717, 1.165) is 51.0 Å². The Morgan fingerprint density at radius 2 is 2.36 bits per heavy atom. The van der Waals surface area contributed by atoms with Crippen molar-refractivity contribution >= 4 is 23.1 Å². The number of pyridine rings is 1. The van der Waals surface area contributed by atoms with Crippen LogP contribution in [0.2, 0.25) is 0 Å². The summed E-state index contributed by atoms with van der Waals surface area (Å²) in [6, 6.07) is 8.49. The molecule has 1 aliphatic rings. The summed E-state index contributed by atoms with van der Waals surface area (Å²) < 4.78 is 5.64. The highest BCUT2D eigenvalue weighted by atomic mass is 32.1. The smallest absolute Gasteiger partial charge is 0.193 e. The molecule has 1 aliphatic heterocycles. The van der Waals surface area contributed by atoms with E-state index in [1.165, 1.54) is 10.4 Å². The molecule has 0 spiro atoms. The van der Waals surface area contributed by atoms with E-state index in [-0.39, 0.29) is 6.10 Å². The molecule has 1 unspecified atom stereocenters. The normalized spacial score (nSPS) is 17.6. The fourth-order valence-corrected chi connectivity index (χ4v) is 3.93. The zero-order valence-electron chi connectivity index (χ0n) is 17.1. The van der Waals surface area contributed by atoms with Crippen molar-refractivity contribution in [1.82, 2.24) is 15.2 Å². The van der Waals surface area contributed by atoms with Crippen LogP contribution in [0.15, 0.2) is 40.8 Å². The number of anilines is 1. The van der Waals surface area contributed by atoms with Gasteiger partial charge in [0.2, 0.25) is 0 Å². The lowest BCUT2D eigenvalue weighted by molar-refractivity contribution is 0.0529. The Balaban J connectivity index is 1.62. The van der Waals surface area contributed by atoms with Crippen molar-refractivity contribution in [2.75, 3.05) is 44.7 Å². The summed E-state index contributed by atoms with van der Waals surface area (Å²) in [7, 11) is 2.10. The summed E-state index contributed by atoms with van der Waals surface area (Å²) in [6.45, 7) is 9.18. The third kappa shape index (κ3) is 5.94. The van der Waals surface area contributed by atoms with Crippen LogP contribution in [-0.2, 0) is 17.7 Å². The maximum absolute atomic E-state index is 5.64. The number of ether oxygens (including phenoxy) is 1. The van der Waals surface area contributed by atoms with E-state index < -0.39 is 0 Å². The molecule has 0 bridgehead atoms. The lowest BCUT2D eigenvalue weighted by Gasteiger charge is -2.32. The van der Waals surface area contributed by atoms with E-state index in [9.17, 15) is 0 Å². The van der Waals surface area contributed by atoms with Gasteiger partial charge in [0.25, 0.3) is 0 Å². The van der Waals surface area contributed by atoms with E-state index in [2.05, 4.69) is 64.6 Å². The van der Waals surface area contributed by atoms with Crippen molar-refractivity contribution in [2.45, 2.75) is 32.9 Å². The number of thiophene rings is 1. The molecule has 152 valence electrons. The molecule has 2 aromatic heterocycles. The summed E-state index contributed by atoms with van der Waals surface area (Å²) in [5.74, 6) is 1.95. The zero-order valence-corrected chi connectivity index (χ0v) is 17.9. The van der Waals surface area contributed by atoms with Crippen LogP contribution >= 0.6 is 11.3 Å². The first-order chi connectivity index (χ1) is 13.7. The molecule has 0 aliphatic carbocycles. The van der Waals surface area contributed by atoms with Crippen LogP contribution < -0.4 is 10.2 Å². The van der Waals surface area contributed by atoms with Gasteiger partial charge in [-0.3, -0.25) is 0 Å². The van der Waals surface area contributed by atoms with Crippen LogP contribution in [0.5, 0.6) is 0 Å². The topological polar surface area (TPSA) is 53.0 Å². The number of nitrogens with one attached hydrogen (secondary N) is 1. The predicted octanol–water partition coefficient (Wildman–Crippen LogP) is 3.01. The molecule has 3 rings (SSSR count). The van der Waals surface area contributed by atoms with Crippen LogP contribution in [0.25, 0.3) is 0 Å². The first-order valence-electron chi connectivity index (χ1n) is 9.99. The van der Waals surface area contributed by atoms with Gasteiger partial charge < -0.3 is 19.9 Å². The molecule has 1 N–H and O–H groups in total. The van der Waals surface area contributed by atoms with Gasteiger partial charge in [-0.15, -0.1) is 11.3 Å². The van der Waals surface area contributed by atoms with Crippen molar-refractivity contribution < 1.29 is 4.74 Å². The molecule has 6 nitrogen and oxygen atoms in total. The van der Waals surface area contributed by atoms with Gasteiger partial charge in [0, 0.05) is 44.3 Å². The molecule has 1 fully saturated rings. The number of guanidine groups is 1. The fourth-order valence-electron chi connectivity index (χ4n) is 3.23.